The maximum absolute atomic E-state index is 13.4. The van der Waals surface area contributed by atoms with Gasteiger partial charge in [0.05, 0.1) is 32.0 Å². The Labute approximate surface area is 575 Å². The number of aliphatic hydroxyl groups excluding tert-OH is 8. The number of aliphatic hydroxyl groups is 8. The van der Waals surface area contributed by atoms with Gasteiger partial charge in [0.15, 0.2) is 12.6 Å². The molecule has 14 nitrogen and oxygen atoms in total. The average Bonchev–Trinajstić information content (AvgIpc) is 0.794. The van der Waals surface area contributed by atoms with Crippen LogP contribution >= 0.6 is 0 Å². The molecule has 2 fully saturated rings. The molecule has 2 aliphatic heterocycles. The number of carbonyl (C=O) groups is 1. The molecule has 1 amide bonds. The second kappa shape index (κ2) is 64.1. The summed E-state index contributed by atoms with van der Waals surface area (Å²) in [6.45, 7) is 2.74. The minimum Gasteiger partial charge on any atom is -0.394 e. The highest BCUT2D eigenvalue weighted by molar-refractivity contribution is 5.76. The summed E-state index contributed by atoms with van der Waals surface area (Å²) in [6, 6.07) is -0.915. The molecule has 550 valence electrons. The minimum atomic E-state index is -1.79. The van der Waals surface area contributed by atoms with Gasteiger partial charge in [0, 0.05) is 6.42 Å². The number of amides is 1. The number of hydrogen-bond donors (Lipinski definition) is 9. The number of rotatable bonds is 66. The number of nitrogens with one attached hydrogen (secondary N) is 1. The van der Waals surface area contributed by atoms with Crippen LogP contribution in [0.15, 0.2) is 60.8 Å². The molecule has 0 aliphatic carbocycles. The Kier molecular flexibility index (Phi) is 59.8. The molecule has 14 heteroatoms. The molecule has 0 radical (unpaired) electrons. The Morgan fingerprint density at radius 1 is 0.394 bits per heavy atom. The van der Waals surface area contributed by atoms with Crippen LogP contribution in [0.25, 0.3) is 0 Å². The number of carbonyl (C=O) groups excluding carboxylic acids is 1. The molecule has 0 aromatic carbocycles. The predicted molar refractivity (Wildman–Crippen MR) is 387 cm³/mol. The van der Waals surface area contributed by atoms with Crippen molar-refractivity contribution in [3.63, 3.8) is 0 Å². The molecule has 9 N–H and O–H groups in total. The Bertz CT molecular complexity index is 1810. The van der Waals surface area contributed by atoms with Gasteiger partial charge in [-0.15, -0.1) is 0 Å². The second-order valence-electron chi connectivity index (χ2n) is 27.8. The quantitative estimate of drug-likeness (QED) is 0.0204. The number of ether oxygens (including phenoxy) is 4. The lowest BCUT2D eigenvalue weighted by atomic mass is 9.97. The van der Waals surface area contributed by atoms with Crippen LogP contribution in [0.1, 0.15) is 348 Å². The number of hydrogen-bond acceptors (Lipinski definition) is 13. The van der Waals surface area contributed by atoms with Crippen molar-refractivity contribution < 1.29 is 64.6 Å². The fraction of sp³-hybridized carbons (Fsp3) is 0.863. The topological polar surface area (TPSA) is 228 Å². The smallest absolute Gasteiger partial charge is 0.220 e. The molecule has 0 aromatic heterocycles. The van der Waals surface area contributed by atoms with Crippen LogP contribution in [0, 0.1) is 0 Å². The summed E-state index contributed by atoms with van der Waals surface area (Å²) >= 11 is 0. The first-order valence-electron chi connectivity index (χ1n) is 39.5. The standard InChI is InChI=1S/C80H147NO13/c1-3-5-7-9-11-13-15-17-19-21-23-25-26-27-28-29-30-31-32-33-34-35-36-37-38-39-40-41-42-44-46-48-50-52-54-56-58-60-62-64-72(85)81-68(69(84)63-61-59-57-55-53-51-49-47-45-43-24-22-20-18-16-14-12-10-8-6-4-2)67-91-79-77(90)75(88)78(71(66-83)93-79)94-80-76(89)74(87)73(86)70(65-82)92-80/h5,7,11,13,17,19,23,25,61,63,68-71,73-80,82-84,86-90H,3-4,6,8-10,12,14-16,18,20-22,24,26-60,62,64-67H2,1-2H3,(H,81,85)/b7-5-,13-11-,19-17-,25-23-,63-61+. The van der Waals surface area contributed by atoms with Crippen LogP contribution in [-0.2, 0) is 23.7 Å². The van der Waals surface area contributed by atoms with Gasteiger partial charge in [-0.1, -0.05) is 344 Å². The molecule has 0 aromatic rings. The first-order chi connectivity index (χ1) is 46.1. The van der Waals surface area contributed by atoms with Gasteiger partial charge in [0.2, 0.25) is 5.91 Å². The molecule has 2 saturated heterocycles. The summed E-state index contributed by atoms with van der Waals surface area (Å²) < 4.78 is 22.9. The molecule has 2 rings (SSSR count). The van der Waals surface area contributed by atoms with Crippen LogP contribution in [0.5, 0.6) is 0 Å². The molecule has 12 atom stereocenters. The first-order valence-corrected chi connectivity index (χ1v) is 39.5. The van der Waals surface area contributed by atoms with Crippen molar-refractivity contribution in [3.8, 4) is 0 Å². The monoisotopic (exact) mass is 1330 g/mol. The van der Waals surface area contributed by atoms with Crippen LogP contribution in [0.2, 0.25) is 0 Å². The van der Waals surface area contributed by atoms with Crippen LogP contribution in [0.4, 0.5) is 0 Å². The summed E-state index contributed by atoms with van der Waals surface area (Å²) in [5.41, 5.74) is 0. The fourth-order valence-electron chi connectivity index (χ4n) is 13.0. The third kappa shape index (κ3) is 46.9. The molecule has 0 bridgehead atoms. The zero-order valence-electron chi connectivity index (χ0n) is 60.2. The number of allylic oxidation sites excluding steroid dienone is 9. The van der Waals surface area contributed by atoms with E-state index in [4.69, 9.17) is 18.9 Å². The summed E-state index contributed by atoms with van der Waals surface area (Å²) in [5.74, 6) is -0.232. The molecule has 12 unspecified atom stereocenters. The summed E-state index contributed by atoms with van der Waals surface area (Å²) in [5, 5.41) is 87.6. The van der Waals surface area contributed by atoms with Crippen molar-refractivity contribution in [1.29, 1.82) is 0 Å². The highest BCUT2D eigenvalue weighted by atomic mass is 16.7. The van der Waals surface area contributed by atoms with E-state index in [0.29, 0.717) is 6.42 Å². The molecule has 94 heavy (non-hydrogen) atoms. The van der Waals surface area contributed by atoms with E-state index in [0.717, 1.165) is 64.2 Å². The SMILES string of the molecule is CC/C=C\C/C=C\C/C=C\C/C=C\CCCCCCCCCCCCCCCCCCCCCCCCCCCCC(=O)NC(COC1OC(CO)C(OC2OC(CO)C(O)C(O)C2O)C(O)C1O)C(O)/C=C/CCCCCCCCCCCCCCCCCCCCC. The van der Waals surface area contributed by atoms with Crippen molar-refractivity contribution in [1.82, 2.24) is 5.32 Å². The maximum Gasteiger partial charge on any atom is 0.220 e. The lowest BCUT2D eigenvalue weighted by molar-refractivity contribution is -0.359. The Morgan fingerprint density at radius 3 is 1.13 bits per heavy atom. The fourth-order valence-corrected chi connectivity index (χ4v) is 13.0. The van der Waals surface area contributed by atoms with E-state index in [1.54, 1.807) is 6.08 Å². The van der Waals surface area contributed by atoms with E-state index in [1.165, 1.54) is 257 Å². The molecular weight excluding hydrogens is 1180 g/mol. The largest absolute Gasteiger partial charge is 0.394 e. The number of unbranched alkanes of at least 4 members (excludes halogenated alkanes) is 45. The van der Waals surface area contributed by atoms with Crippen LogP contribution in [0.3, 0.4) is 0 Å². The van der Waals surface area contributed by atoms with Gasteiger partial charge in [0.25, 0.3) is 0 Å². The highest BCUT2D eigenvalue weighted by Crippen LogP contribution is 2.30. The predicted octanol–water partition coefficient (Wildman–Crippen LogP) is 17.6. The van der Waals surface area contributed by atoms with Crippen molar-refractivity contribution in [2.45, 2.75) is 421 Å². The summed E-state index contributed by atoms with van der Waals surface area (Å²) in [6.07, 6.45) is 70.2. The molecule has 0 spiro atoms. The van der Waals surface area contributed by atoms with Crippen LogP contribution < -0.4 is 5.32 Å². The molecule has 0 saturated carbocycles. The Hall–Kier alpha value is -2.31. The van der Waals surface area contributed by atoms with Gasteiger partial charge in [-0.3, -0.25) is 4.79 Å². The molecular formula is C80H147NO13. The zero-order chi connectivity index (χ0) is 68.0. The highest BCUT2D eigenvalue weighted by Gasteiger charge is 2.51. The first kappa shape index (κ1) is 87.8. The normalized spacial score (nSPS) is 22.7. The van der Waals surface area contributed by atoms with Gasteiger partial charge >= 0.3 is 0 Å². The summed E-state index contributed by atoms with van der Waals surface area (Å²) in [7, 11) is 0. The van der Waals surface area contributed by atoms with E-state index in [1.807, 2.05) is 6.08 Å². The lowest BCUT2D eigenvalue weighted by Crippen LogP contribution is -2.65. The van der Waals surface area contributed by atoms with Crippen molar-refractivity contribution in [2.24, 2.45) is 0 Å². The van der Waals surface area contributed by atoms with E-state index in [-0.39, 0.29) is 18.9 Å². The Balaban J connectivity index is 1.57. The minimum absolute atomic E-state index is 0.232. The van der Waals surface area contributed by atoms with Gasteiger partial charge in [-0.05, 0) is 57.8 Å². The van der Waals surface area contributed by atoms with E-state index >= 15 is 0 Å². The average molecular weight is 1330 g/mol. The third-order valence-electron chi connectivity index (χ3n) is 19.2. The van der Waals surface area contributed by atoms with Crippen molar-refractivity contribution in [3.05, 3.63) is 60.8 Å². The van der Waals surface area contributed by atoms with Crippen molar-refractivity contribution in [2.75, 3.05) is 19.8 Å². The molecule has 2 heterocycles. The van der Waals surface area contributed by atoms with E-state index in [9.17, 15) is 45.6 Å². The van der Waals surface area contributed by atoms with Crippen molar-refractivity contribution >= 4 is 5.91 Å². The van der Waals surface area contributed by atoms with Crippen LogP contribution in [-0.4, -0.2) is 140 Å². The molecule has 2 aliphatic rings. The van der Waals surface area contributed by atoms with Gasteiger partial charge in [-0.2, -0.15) is 0 Å². The second-order valence-corrected chi connectivity index (χ2v) is 27.8. The van der Waals surface area contributed by atoms with E-state index in [2.05, 4.69) is 67.8 Å². The lowest BCUT2D eigenvalue weighted by Gasteiger charge is -2.46. The Morgan fingerprint density at radius 2 is 0.734 bits per heavy atom. The van der Waals surface area contributed by atoms with Gasteiger partial charge in [0.1, 0.15) is 48.8 Å². The maximum atomic E-state index is 13.4. The van der Waals surface area contributed by atoms with Gasteiger partial charge in [-0.25, -0.2) is 0 Å². The van der Waals surface area contributed by atoms with Gasteiger partial charge < -0.3 is 65.1 Å². The zero-order valence-corrected chi connectivity index (χ0v) is 60.2. The summed E-state index contributed by atoms with van der Waals surface area (Å²) in [4.78, 5) is 13.4. The third-order valence-corrected chi connectivity index (χ3v) is 19.2. The van der Waals surface area contributed by atoms with E-state index < -0.39 is 86.8 Å².